The molecular formula is C27H20FN7OS. The molecule has 6 aromatic rings. The van der Waals surface area contributed by atoms with Crippen molar-refractivity contribution in [3.63, 3.8) is 0 Å². The van der Waals surface area contributed by atoms with E-state index in [2.05, 4.69) is 43.5 Å². The van der Waals surface area contributed by atoms with Crippen molar-refractivity contribution in [1.82, 2.24) is 30.1 Å². The molecule has 3 N–H and O–H groups in total. The first-order chi connectivity index (χ1) is 18.0. The quantitative estimate of drug-likeness (QED) is 0.260. The van der Waals surface area contributed by atoms with Crippen molar-refractivity contribution < 1.29 is 9.18 Å². The third-order valence-electron chi connectivity index (χ3n) is 6.51. The Kier molecular flexibility index (Phi) is 4.90. The summed E-state index contributed by atoms with van der Waals surface area (Å²) >= 11 is 1.66. The van der Waals surface area contributed by atoms with Gasteiger partial charge in [0.15, 0.2) is 11.6 Å². The number of thiophene rings is 1. The Hall–Kier alpha value is -4.44. The van der Waals surface area contributed by atoms with Crippen LogP contribution in [0.5, 0.6) is 0 Å². The lowest BCUT2D eigenvalue weighted by Crippen LogP contribution is -2.13. The van der Waals surface area contributed by atoms with Gasteiger partial charge in [-0.05, 0) is 61.7 Å². The fourth-order valence-electron chi connectivity index (χ4n) is 4.47. The fraction of sp³-hybridized carbons (Fsp3) is 0.148. The molecule has 1 aliphatic rings. The number of pyridine rings is 2. The van der Waals surface area contributed by atoms with Crippen LogP contribution in [-0.2, 0) is 4.79 Å². The van der Waals surface area contributed by atoms with E-state index in [9.17, 15) is 4.79 Å². The number of nitrogens with one attached hydrogen (secondary N) is 3. The summed E-state index contributed by atoms with van der Waals surface area (Å²) in [4.78, 5) is 31.4. The Morgan fingerprint density at radius 1 is 1.11 bits per heavy atom. The van der Waals surface area contributed by atoms with Crippen molar-refractivity contribution in [2.45, 2.75) is 19.8 Å². The fourth-order valence-corrected chi connectivity index (χ4v) is 5.34. The summed E-state index contributed by atoms with van der Waals surface area (Å²) in [6.07, 6.45) is 6.82. The maximum Gasteiger partial charge on any atom is 0.227 e. The minimum absolute atomic E-state index is 0.00541. The lowest BCUT2D eigenvalue weighted by molar-refractivity contribution is -0.117. The lowest BCUT2D eigenvalue weighted by Gasteiger charge is -2.07. The molecule has 0 radical (unpaired) electrons. The number of aromatic nitrogens is 6. The van der Waals surface area contributed by atoms with E-state index in [0.717, 1.165) is 34.4 Å². The SMILES string of the molecule is Cc1ccc(-c2nccc3[nH]c(-c4[nH]nc5c(F)cc(-c6cncc(NC(=O)C7CC7)c6)cc45)nc23)s1. The maximum absolute atomic E-state index is 15.2. The monoisotopic (exact) mass is 509 g/mol. The Labute approximate surface area is 214 Å². The number of hydrogen-bond acceptors (Lipinski definition) is 6. The number of halogens is 1. The van der Waals surface area contributed by atoms with E-state index in [1.165, 1.54) is 10.9 Å². The van der Waals surface area contributed by atoms with Crippen molar-refractivity contribution in [1.29, 1.82) is 0 Å². The molecule has 0 aliphatic heterocycles. The highest BCUT2D eigenvalue weighted by atomic mass is 32.1. The topological polar surface area (TPSA) is 112 Å². The van der Waals surface area contributed by atoms with E-state index in [0.29, 0.717) is 33.7 Å². The van der Waals surface area contributed by atoms with Gasteiger partial charge < -0.3 is 10.3 Å². The number of H-pyrrole nitrogens is 2. The molecule has 5 heterocycles. The summed E-state index contributed by atoms with van der Waals surface area (Å²) < 4.78 is 15.2. The summed E-state index contributed by atoms with van der Waals surface area (Å²) in [5.74, 6) is 0.151. The van der Waals surface area contributed by atoms with Crippen molar-refractivity contribution in [2.75, 3.05) is 5.32 Å². The van der Waals surface area contributed by atoms with Crippen LogP contribution in [0, 0.1) is 18.7 Å². The molecule has 1 aliphatic carbocycles. The van der Waals surface area contributed by atoms with Crippen LogP contribution < -0.4 is 5.32 Å². The molecule has 5 aromatic heterocycles. The van der Waals surface area contributed by atoms with Gasteiger partial charge >= 0.3 is 0 Å². The molecule has 10 heteroatoms. The van der Waals surface area contributed by atoms with Crippen molar-refractivity contribution >= 4 is 44.9 Å². The van der Waals surface area contributed by atoms with E-state index in [-0.39, 0.29) is 17.3 Å². The lowest BCUT2D eigenvalue weighted by atomic mass is 10.0. The van der Waals surface area contributed by atoms with Gasteiger partial charge in [-0.1, -0.05) is 0 Å². The number of fused-ring (bicyclic) bond motifs is 2. The van der Waals surface area contributed by atoms with Crippen LogP contribution in [0.1, 0.15) is 17.7 Å². The number of aryl methyl sites for hydroxylation is 1. The predicted molar refractivity (Wildman–Crippen MR) is 142 cm³/mol. The second-order valence-corrected chi connectivity index (χ2v) is 10.5. The van der Waals surface area contributed by atoms with Gasteiger partial charge in [-0.2, -0.15) is 5.10 Å². The van der Waals surface area contributed by atoms with Gasteiger partial charge in [0.05, 0.1) is 22.3 Å². The maximum atomic E-state index is 15.2. The normalized spacial score (nSPS) is 13.5. The second kappa shape index (κ2) is 8.31. The van der Waals surface area contributed by atoms with Crippen LogP contribution in [0.4, 0.5) is 10.1 Å². The molecule has 1 fully saturated rings. The number of hydrogen-bond donors (Lipinski definition) is 3. The molecule has 37 heavy (non-hydrogen) atoms. The molecule has 1 aromatic carbocycles. The molecule has 1 saturated carbocycles. The van der Waals surface area contributed by atoms with Gasteiger partial charge in [0.1, 0.15) is 22.4 Å². The van der Waals surface area contributed by atoms with Gasteiger partial charge in [0.2, 0.25) is 5.91 Å². The Bertz CT molecular complexity index is 1830. The van der Waals surface area contributed by atoms with Crippen LogP contribution in [0.2, 0.25) is 0 Å². The summed E-state index contributed by atoms with van der Waals surface area (Å²) in [6.45, 7) is 2.05. The molecule has 0 saturated heterocycles. The molecular weight excluding hydrogens is 489 g/mol. The van der Waals surface area contributed by atoms with E-state index in [1.807, 2.05) is 18.2 Å². The summed E-state index contributed by atoms with van der Waals surface area (Å²) in [5, 5.41) is 10.7. The number of carbonyl (C=O) groups is 1. The molecule has 0 atom stereocenters. The first-order valence-electron chi connectivity index (χ1n) is 11.9. The first kappa shape index (κ1) is 21.8. The Morgan fingerprint density at radius 3 is 2.81 bits per heavy atom. The average Bonchev–Trinajstić information content (AvgIpc) is 3.29. The van der Waals surface area contributed by atoms with Gasteiger partial charge in [0.25, 0.3) is 0 Å². The number of amides is 1. The predicted octanol–water partition coefficient (Wildman–Crippen LogP) is 6.09. The third-order valence-corrected chi connectivity index (χ3v) is 7.52. The third kappa shape index (κ3) is 3.86. The standard InChI is InChI=1S/C27H20FN7OS/c1-13-2-5-21(37-13)25-24-20(6-7-30-25)32-26(33-24)23-18-9-15(10-19(28)22(18)34-35-23)16-8-17(12-29-11-16)31-27(36)14-3-4-14/h2,5-12,14H,3-4H2,1H3,(H,31,36)(H,32,33)(H,34,35). The minimum atomic E-state index is -0.463. The zero-order valence-corrected chi connectivity index (χ0v) is 20.5. The molecule has 182 valence electrons. The molecule has 0 unspecified atom stereocenters. The van der Waals surface area contributed by atoms with Gasteiger partial charge in [-0.25, -0.2) is 9.37 Å². The van der Waals surface area contributed by atoms with E-state index in [4.69, 9.17) is 4.98 Å². The van der Waals surface area contributed by atoms with Crippen LogP contribution in [0.25, 0.3) is 55.2 Å². The molecule has 1 amide bonds. The van der Waals surface area contributed by atoms with E-state index < -0.39 is 5.82 Å². The smallest absolute Gasteiger partial charge is 0.227 e. The van der Waals surface area contributed by atoms with Crippen LogP contribution in [-0.4, -0.2) is 36.0 Å². The molecule has 8 nitrogen and oxygen atoms in total. The number of benzene rings is 1. The number of anilines is 1. The van der Waals surface area contributed by atoms with E-state index in [1.54, 1.807) is 36.0 Å². The number of rotatable bonds is 5. The summed E-state index contributed by atoms with van der Waals surface area (Å²) in [5.41, 5.74) is 5.05. The van der Waals surface area contributed by atoms with Gasteiger partial charge in [-0.3, -0.25) is 19.9 Å². The van der Waals surface area contributed by atoms with Crippen molar-refractivity contribution in [3.8, 4) is 33.2 Å². The Morgan fingerprint density at radius 2 is 2.00 bits per heavy atom. The van der Waals surface area contributed by atoms with Gasteiger partial charge in [-0.15, -0.1) is 11.3 Å². The molecule has 0 bridgehead atoms. The zero-order chi connectivity index (χ0) is 25.1. The first-order valence-corrected chi connectivity index (χ1v) is 12.7. The average molecular weight is 510 g/mol. The van der Waals surface area contributed by atoms with Crippen LogP contribution in [0.15, 0.2) is 55.0 Å². The van der Waals surface area contributed by atoms with Crippen molar-refractivity contribution in [2.24, 2.45) is 5.92 Å². The van der Waals surface area contributed by atoms with Crippen LogP contribution >= 0.6 is 11.3 Å². The minimum Gasteiger partial charge on any atom is -0.337 e. The summed E-state index contributed by atoms with van der Waals surface area (Å²) in [7, 11) is 0. The Balaban J connectivity index is 1.31. The molecule has 0 spiro atoms. The number of nitrogens with zero attached hydrogens (tertiary/aromatic N) is 4. The molecule has 7 rings (SSSR count). The second-order valence-electron chi connectivity index (χ2n) is 9.23. The summed E-state index contributed by atoms with van der Waals surface area (Å²) in [6, 6.07) is 11.1. The highest BCUT2D eigenvalue weighted by molar-refractivity contribution is 7.15. The number of aromatic amines is 2. The highest BCUT2D eigenvalue weighted by Gasteiger charge is 2.29. The van der Waals surface area contributed by atoms with Crippen LogP contribution in [0.3, 0.4) is 0 Å². The number of imidazole rings is 1. The highest BCUT2D eigenvalue weighted by Crippen LogP contribution is 2.36. The zero-order valence-electron chi connectivity index (χ0n) is 19.7. The number of carbonyl (C=O) groups excluding carboxylic acids is 1. The van der Waals surface area contributed by atoms with Gasteiger partial charge in [0, 0.05) is 34.1 Å². The van der Waals surface area contributed by atoms with E-state index >= 15 is 4.39 Å². The largest absolute Gasteiger partial charge is 0.337 e. The van der Waals surface area contributed by atoms with Crippen molar-refractivity contribution in [3.05, 3.63) is 65.7 Å².